The SMILES string of the molecule is CCOCCN(C)Cc1ccc(O)c(C(F)(F)F)c1. The highest BCUT2D eigenvalue weighted by Crippen LogP contribution is 2.36. The monoisotopic (exact) mass is 277 g/mol. The first-order valence-electron chi connectivity index (χ1n) is 6.00. The van der Waals surface area contributed by atoms with Gasteiger partial charge in [-0.3, -0.25) is 4.90 Å². The summed E-state index contributed by atoms with van der Waals surface area (Å²) in [4.78, 5) is 1.86. The molecule has 0 aliphatic rings. The fraction of sp³-hybridized carbons (Fsp3) is 0.538. The molecule has 1 aromatic rings. The smallest absolute Gasteiger partial charge is 0.419 e. The second-order valence-corrected chi connectivity index (χ2v) is 4.28. The minimum absolute atomic E-state index is 0.371. The van der Waals surface area contributed by atoms with E-state index in [4.69, 9.17) is 4.74 Å². The van der Waals surface area contributed by atoms with Crippen molar-refractivity contribution in [3.05, 3.63) is 29.3 Å². The van der Waals surface area contributed by atoms with Crippen molar-refractivity contribution in [1.29, 1.82) is 0 Å². The van der Waals surface area contributed by atoms with E-state index in [1.807, 2.05) is 11.8 Å². The van der Waals surface area contributed by atoms with Crippen LogP contribution in [0.1, 0.15) is 18.1 Å². The van der Waals surface area contributed by atoms with Crippen LogP contribution in [0.5, 0.6) is 5.75 Å². The van der Waals surface area contributed by atoms with E-state index in [2.05, 4.69) is 0 Å². The zero-order chi connectivity index (χ0) is 14.5. The molecule has 0 aliphatic carbocycles. The van der Waals surface area contributed by atoms with Crippen molar-refractivity contribution >= 4 is 0 Å². The molecule has 6 heteroatoms. The third-order valence-corrected chi connectivity index (χ3v) is 2.64. The molecule has 0 atom stereocenters. The van der Waals surface area contributed by atoms with Gasteiger partial charge in [-0.15, -0.1) is 0 Å². The van der Waals surface area contributed by atoms with E-state index in [1.165, 1.54) is 6.07 Å². The van der Waals surface area contributed by atoms with Crippen molar-refractivity contribution in [2.75, 3.05) is 26.8 Å². The van der Waals surface area contributed by atoms with Gasteiger partial charge in [-0.2, -0.15) is 13.2 Å². The van der Waals surface area contributed by atoms with E-state index in [-0.39, 0.29) is 0 Å². The Morgan fingerprint density at radius 1 is 1.32 bits per heavy atom. The van der Waals surface area contributed by atoms with Gasteiger partial charge in [-0.05, 0) is 31.7 Å². The third-order valence-electron chi connectivity index (χ3n) is 2.64. The van der Waals surface area contributed by atoms with Crippen molar-refractivity contribution in [2.45, 2.75) is 19.6 Å². The average Bonchev–Trinajstić information content (AvgIpc) is 2.30. The summed E-state index contributed by atoms with van der Waals surface area (Å²) in [6.45, 7) is 4.05. The highest BCUT2D eigenvalue weighted by atomic mass is 19.4. The van der Waals surface area contributed by atoms with Crippen LogP contribution in [0.2, 0.25) is 0 Å². The van der Waals surface area contributed by atoms with Crippen LogP contribution in [0.4, 0.5) is 13.2 Å². The molecule has 1 N–H and O–H groups in total. The van der Waals surface area contributed by atoms with Gasteiger partial charge in [0, 0.05) is 19.7 Å². The Bertz CT molecular complexity index is 407. The molecule has 1 aromatic carbocycles. The number of benzene rings is 1. The first kappa shape index (κ1) is 15.8. The highest BCUT2D eigenvalue weighted by molar-refractivity contribution is 5.38. The largest absolute Gasteiger partial charge is 0.507 e. The Hall–Kier alpha value is -1.27. The fourth-order valence-corrected chi connectivity index (χ4v) is 1.66. The molecule has 0 aromatic heterocycles. The number of hydrogen-bond acceptors (Lipinski definition) is 3. The summed E-state index contributed by atoms with van der Waals surface area (Å²) >= 11 is 0. The van der Waals surface area contributed by atoms with Crippen LogP contribution in [0.25, 0.3) is 0 Å². The summed E-state index contributed by atoms with van der Waals surface area (Å²) in [6, 6.07) is 3.54. The Labute approximate surface area is 110 Å². The molecule has 0 amide bonds. The van der Waals surface area contributed by atoms with Crippen molar-refractivity contribution in [3.63, 3.8) is 0 Å². The van der Waals surface area contributed by atoms with Crippen molar-refractivity contribution in [3.8, 4) is 5.75 Å². The van der Waals surface area contributed by atoms with Gasteiger partial charge in [-0.25, -0.2) is 0 Å². The van der Waals surface area contributed by atoms with Gasteiger partial charge in [0.25, 0.3) is 0 Å². The topological polar surface area (TPSA) is 32.7 Å². The minimum Gasteiger partial charge on any atom is -0.507 e. The molecule has 1 rings (SSSR count). The van der Waals surface area contributed by atoms with E-state index in [9.17, 15) is 18.3 Å². The van der Waals surface area contributed by atoms with E-state index < -0.39 is 17.5 Å². The zero-order valence-corrected chi connectivity index (χ0v) is 11.0. The first-order chi connectivity index (χ1) is 8.84. The summed E-state index contributed by atoms with van der Waals surface area (Å²) < 4.78 is 43.0. The summed E-state index contributed by atoms with van der Waals surface area (Å²) in [5.41, 5.74) is -0.493. The quantitative estimate of drug-likeness (QED) is 0.812. The molecule has 0 unspecified atom stereocenters. The molecule has 0 spiro atoms. The molecule has 0 fully saturated rings. The minimum atomic E-state index is -4.54. The van der Waals surface area contributed by atoms with Crippen LogP contribution in [0.3, 0.4) is 0 Å². The maximum atomic E-state index is 12.6. The Kier molecular flexibility index (Phi) is 5.62. The molecular formula is C13H18F3NO2. The molecule has 3 nitrogen and oxygen atoms in total. The lowest BCUT2D eigenvalue weighted by molar-refractivity contribution is -0.138. The van der Waals surface area contributed by atoms with Crippen molar-refractivity contribution in [2.24, 2.45) is 0 Å². The molecule has 0 heterocycles. The number of ether oxygens (including phenoxy) is 1. The maximum absolute atomic E-state index is 12.6. The number of rotatable bonds is 6. The van der Waals surface area contributed by atoms with E-state index in [1.54, 1.807) is 7.05 Å². The number of hydrogen-bond donors (Lipinski definition) is 1. The van der Waals surface area contributed by atoms with Crippen LogP contribution in [0.15, 0.2) is 18.2 Å². The number of aromatic hydroxyl groups is 1. The molecule has 108 valence electrons. The molecule has 19 heavy (non-hydrogen) atoms. The van der Waals surface area contributed by atoms with Crippen molar-refractivity contribution in [1.82, 2.24) is 4.90 Å². The average molecular weight is 277 g/mol. The Balaban J connectivity index is 2.69. The van der Waals surface area contributed by atoms with E-state index in [0.717, 1.165) is 12.1 Å². The van der Waals surface area contributed by atoms with Gasteiger partial charge >= 0.3 is 6.18 Å². The highest BCUT2D eigenvalue weighted by Gasteiger charge is 2.33. The number of alkyl halides is 3. The normalized spacial score (nSPS) is 12.1. The van der Waals surface area contributed by atoms with Gasteiger partial charge in [0.05, 0.1) is 12.2 Å². The van der Waals surface area contributed by atoms with Gasteiger partial charge in [0.15, 0.2) is 0 Å². The molecule has 0 saturated carbocycles. The maximum Gasteiger partial charge on any atom is 0.419 e. The van der Waals surface area contributed by atoms with Gasteiger partial charge < -0.3 is 9.84 Å². The predicted octanol–water partition coefficient (Wildman–Crippen LogP) is 2.88. The standard InChI is InChI=1S/C13H18F3NO2/c1-3-19-7-6-17(2)9-10-4-5-12(18)11(8-10)13(14,15)16/h4-5,8,18H,3,6-7,9H2,1-2H3. The lowest BCUT2D eigenvalue weighted by atomic mass is 10.1. The molecule has 0 aliphatic heterocycles. The Morgan fingerprint density at radius 3 is 2.58 bits per heavy atom. The number of halogens is 3. The fourth-order valence-electron chi connectivity index (χ4n) is 1.66. The summed E-state index contributed by atoms with van der Waals surface area (Å²) in [5.74, 6) is -0.742. The Morgan fingerprint density at radius 2 is 2.00 bits per heavy atom. The molecule has 0 bridgehead atoms. The lowest BCUT2D eigenvalue weighted by Gasteiger charge is -2.18. The molecule has 0 radical (unpaired) electrons. The molecular weight excluding hydrogens is 259 g/mol. The van der Waals surface area contributed by atoms with Gasteiger partial charge in [0.2, 0.25) is 0 Å². The predicted molar refractivity (Wildman–Crippen MR) is 65.9 cm³/mol. The third kappa shape index (κ3) is 5.08. The number of nitrogens with zero attached hydrogens (tertiary/aromatic N) is 1. The summed E-state index contributed by atoms with van der Waals surface area (Å²) in [7, 11) is 1.80. The van der Waals surface area contributed by atoms with Crippen LogP contribution in [0, 0.1) is 0 Å². The first-order valence-corrected chi connectivity index (χ1v) is 6.00. The van der Waals surface area contributed by atoms with Gasteiger partial charge in [-0.1, -0.05) is 6.07 Å². The van der Waals surface area contributed by atoms with Gasteiger partial charge in [0.1, 0.15) is 5.75 Å². The van der Waals surface area contributed by atoms with Crippen LogP contribution >= 0.6 is 0 Å². The number of phenolic OH excluding ortho intramolecular Hbond substituents is 1. The van der Waals surface area contributed by atoms with Crippen LogP contribution < -0.4 is 0 Å². The van der Waals surface area contributed by atoms with Crippen molar-refractivity contribution < 1.29 is 23.0 Å². The second-order valence-electron chi connectivity index (χ2n) is 4.28. The van der Waals surface area contributed by atoms with Crippen LogP contribution in [-0.2, 0) is 17.5 Å². The lowest BCUT2D eigenvalue weighted by Crippen LogP contribution is -2.23. The summed E-state index contributed by atoms with van der Waals surface area (Å²) in [6.07, 6.45) is -4.54. The summed E-state index contributed by atoms with van der Waals surface area (Å²) in [5, 5.41) is 9.22. The second kappa shape index (κ2) is 6.77. The number of likely N-dealkylation sites (N-methyl/N-ethyl adjacent to an activating group) is 1. The molecule has 0 saturated heterocycles. The van der Waals surface area contributed by atoms with E-state index >= 15 is 0 Å². The van der Waals surface area contributed by atoms with Crippen LogP contribution in [-0.4, -0.2) is 36.8 Å². The zero-order valence-electron chi connectivity index (χ0n) is 11.0. The number of phenols is 1. The van der Waals surface area contributed by atoms with E-state index in [0.29, 0.717) is 31.9 Å².